The Morgan fingerprint density at radius 3 is 3.23 bits per heavy atom. The molecule has 0 saturated carbocycles. The van der Waals surface area contributed by atoms with E-state index in [1.54, 1.807) is 19.2 Å². The first-order valence-electron chi connectivity index (χ1n) is 3.99. The van der Waals surface area contributed by atoms with Crippen LogP contribution < -0.4 is 10.6 Å². The number of aromatic nitrogens is 2. The number of aromatic amines is 1. The third-order valence-electron chi connectivity index (χ3n) is 2.31. The molecule has 0 radical (unpaired) electrons. The number of rotatable bonds is 1. The van der Waals surface area contributed by atoms with Crippen LogP contribution in [0.5, 0.6) is 0 Å². The number of fused-ring (bicyclic) bond motifs is 1. The highest BCUT2D eigenvalue weighted by Gasteiger charge is 2.34. The molecule has 13 heavy (non-hydrogen) atoms. The molecule has 0 fully saturated rings. The van der Waals surface area contributed by atoms with Crippen molar-refractivity contribution in [2.45, 2.75) is 18.9 Å². The Bertz CT molecular complexity index is 462. The lowest BCUT2D eigenvalue weighted by molar-refractivity contribution is -0.543. The number of nitro groups is 1. The van der Waals surface area contributed by atoms with Crippen molar-refractivity contribution in [2.75, 3.05) is 0 Å². The van der Waals surface area contributed by atoms with Gasteiger partial charge in [0.25, 0.3) is 0 Å². The Morgan fingerprint density at radius 2 is 2.54 bits per heavy atom. The van der Waals surface area contributed by atoms with Crippen molar-refractivity contribution in [1.29, 1.82) is 0 Å². The highest BCUT2D eigenvalue weighted by molar-refractivity contribution is 5.43. The number of nitrogens with one attached hydrogen (secondary N) is 1. The van der Waals surface area contributed by atoms with Gasteiger partial charge in [-0.1, -0.05) is 6.08 Å². The van der Waals surface area contributed by atoms with Gasteiger partial charge < -0.3 is 0 Å². The van der Waals surface area contributed by atoms with Crippen molar-refractivity contribution in [3.05, 3.63) is 26.9 Å². The van der Waals surface area contributed by atoms with Gasteiger partial charge in [-0.3, -0.25) is 15.2 Å². The van der Waals surface area contributed by atoms with Gasteiger partial charge >= 0.3 is 0 Å². The summed E-state index contributed by atoms with van der Waals surface area (Å²) in [7, 11) is 0. The summed E-state index contributed by atoms with van der Waals surface area (Å²) in [5.41, 5.74) is -0.987. The zero-order chi connectivity index (χ0) is 9.47. The minimum atomic E-state index is -0.987. The average molecular weight is 179 g/mol. The second-order valence-corrected chi connectivity index (χ2v) is 3.41. The molecule has 2 rings (SSSR count). The summed E-state index contributed by atoms with van der Waals surface area (Å²) in [6, 6.07) is 0. The zero-order valence-corrected chi connectivity index (χ0v) is 7.15. The van der Waals surface area contributed by atoms with Crippen LogP contribution in [-0.2, 0) is 0 Å². The van der Waals surface area contributed by atoms with Gasteiger partial charge in [-0.25, -0.2) is 0 Å². The summed E-state index contributed by atoms with van der Waals surface area (Å²) in [6.45, 7) is 1.60. The van der Waals surface area contributed by atoms with Crippen LogP contribution in [0, 0.1) is 10.1 Å². The van der Waals surface area contributed by atoms with Crippen LogP contribution in [0.1, 0.15) is 13.3 Å². The van der Waals surface area contributed by atoms with E-state index < -0.39 is 5.54 Å². The van der Waals surface area contributed by atoms with Crippen molar-refractivity contribution < 1.29 is 4.92 Å². The molecular formula is C8H9N3O2. The van der Waals surface area contributed by atoms with Gasteiger partial charge in [-0.05, 0) is 0 Å². The molecule has 0 spiro atoms. The summed E-state index contributed by atoms with van der Waals surface area (Å²) >= 11 is 0. The quantitative estimate of drug-likeness (QED) is 0.462. The second-order valence-electron chi connectivity index (χ2n) is 3.41. The molecule has 0 aliphatic heterocycles. The molecule has 68 valence electrons. The molecular weight excluding hydrogens is 170 g/mol. The molecule has 1 aromatic rings. The van der Waals surface area contributed by atoms with E-state index in [1.165, 1.54) is 0 Å². The fraction of sp³-hybridized carbons (Fsp3) is 0.375. The zero-order valence-electron chi connectivity index (χ0n) is 7.15. The molecule has 1 aliphatic carbocycles. The Hall–Kier alpha value is -1.65. The molecule has 1 aromatic heterocycles. The van der Waals surface area contributed by atoms with E-state index in [0.717, 1.165) is 10.6 Å². The van der Waals surface area contributed by atoms with E-state index >= 15 is 0 Å². The van der Waals surface area contributed by atoms with Crippen molar-refractivity contribution >= 4 is 12.2 Å². The monoisotopic (exact) mass is 179 g/mol. The minimum Gasteiger partial charge on any atom is -0.278 e. The van der Waals surface area contributed by atoms with E-state index in [4.69, 9.17) is 0 Å². The van der Waals surface area contributed by atoms with E-state index in [0.29, 0.717) is 6.42 Å². The van der Waals surface area contributed by atoms with Crippen LogP contribution in [0.2, 0.25) is 0 Å². The SMILES string of the molecule is C[C@]1([N+](=O)[O-])C=c2[nH]ncc2=CC1. The molecule has 0 unspecified atom stereocenters. The Labute approximate surface area is 73.9 Å². The maximum absolute atomic E-state index is 10.7. The van der Waals surface area contributed by atoms with Crippen molar-refractivity contribution in [2.24, 2.45) is 0 Å². The van der Waals surface area contributed by atoms with E-state index in [1.807, 2.05) is 6.08 Å². The maximum Gasteiger partial charge on any atom is 0.243 e. The smallest absolute Gasteiger partial charge is 0.243 e. The highest BCUT2D eigenvalue weighted by atomic mass is 16.6. The standard InChI is InChI=1S/C8H9N3O2/c1-8(11(12)13)3-2-6-5-9-10-7(6)4-8/h2,4-5,10H,3H2,1H3/t8-/m1/s1. The molecule has 5 heteroatoms. The van der Waals surface area contributed by atoms with Gasteiger partial charge in [0.15, 0.2) is 0 Å². The van der Waals surface area contributed by atoms with Gasteiger partial charge in [0, 0.05) is 29.6 Å². The summed E-state index contributed by atoms with van der Waals surface area (Å²) in [4.78, 5) is 10.5. The third kappa shape index (κ3) is 1.12. The van der Waals surface area contributed by atoms with Gasteiger partial charge in [-0.15, -0.1) is 0 Å². The van der Waals surface area contributed by atoms with Crippen LogP contribution in [-0.4, -0.2) is 20.7 Å². The van der Waals surface area contributed by atoms with Gasteiger partial charge in [-0.2, -0.15) is 5.10 Å². The lowest BCUT2D eigenvalue weighted by atomic mass is 9.94. The molecule has 1 N–H and O–H groups in total. The number of hydrogen-bond acceptors (Lipinski definition) is 3. The molecule has 5 nitrogen and oxygen atoms in total. The number of H-pyrrole nitrogens is 1. The third-order valence-corrected chi connectivity index (χ3v) is 2.31. The first kappa shape index (κ1) is 7.97. The average Bonchev–Trinajstić information content (AvgIpc) is 2.50. The summed E-state index contributed by atoms with van der Waals surface area (Å²) in [6.07, 6.45) is 5.55. The highest BCUT2D eigenvalue weighted by Crippen LogP contribution is 2.17. The lowest BCUT2D eigenvalue weighted by Gasteiger charge is -2.15. The fourth-order valence-electron chi connectivity index (χ4n) is 1.40. The summed E-state index contributed by atoms with van der Waals surface area (Å²) in [5.74, 6) is 0. The van der Waals surface area contributed by atoms with Crippen LogP contribution in [0.3, 0.4) is 0 Å². The Balaban J connectivity index is 2.61. The second kappa shape index (κ2) is 2.42. The van der Waals surface area contributed by atoms with Gasteiger partial charge in [0.1, 0.15) is 0 Å². The lowest BCUT2D eigenvalue weighted by Crippen LogP contribution is -2.40. The molecule has 1 heterocycles. The summed E-state index contributed by atoms with van der Waals surface area (Å²) < 4.78 is 0. The summed E-state index contributed by atoms with van der Waals surface area (Å²) in [5, 5.41) is 19.0. The van der Waals surface area contributed by atoms with Crippen molar-refractivity contribution in [3.8, 4) is 0 Å². The Morgan fingerprint density at radius 1 is 1.77 bits per heavy atom. The predicted molar refractivity (Wildman–Crippen MR) is 46.8 cm³/mol. The van der Waals surface area contributed by atoms with Crippen molar-refractivity contribution in [1.82, 2.24) is 10.2 Å². The van der Waals surface area contributed by atoms with Crippen LogP contribution >= 0.6 is 0 Å². The van der Waals surface area contributed by atoms with Crippen LogP contribution in [0.25, 0.3) is 12.2 Å². The van der Waals surface area contributed by atoms with Gasteiger partial charge in [0.05, 0.1) is 11.5 Å². The molecule has 0 bridgehead atoms. The van der Waals surface area contributed by atoms with E-state index in [9.17, 15) is 10.1 Å². The van der Waals surface area contributed by atoms with Crippen LogP contribution in [0.15, 0.2) is 6.20 Å². The maximum atomic E-state index is 10.7. The molecule has 1 atom stereocenters. The van der Waals surface area contributed by atoms with E-state index in [-0.39, 0.29) is 4.92 Å². The normalized spacial score (nSPS) is 25.6. The Kier molecular flexibility index (Phi) is 1.48. The van der Waals surface area contributed by atoms with Gasteiger partial charge in [0.2, 0.25) is 5.54 Å². The largest absolute Gasteiger partial charge is 0.278 e. The number of nitrogens with zero attached hydrogens (tertiary/aromatic N) is 2. The molecule has 1 aliphatic rings. The topological polar surface area (TPSA) is 71.8 Å². The first-order chi connectivity index (χ1) is 6.12. The van der Waals surface area contributed by atoms with Crippen LogP contribution in [0.4, 0.5) is 0 Å². The molecule has 0 aromatic carbocycles. The molecule has 0 saturated heterocycles. The number of hydrogen-bond donors (Lipinski definition) is 1. The molecule has 0 amide bonds. The minimum absolute atomic E-state index is 0.271. The fourth-order valence-corrected chi connectivity index (χ4v) is 1.40. The first-order valence-corrected chi connectivity index (χ1v) is 3.99. The van der Waals surface area contributed by atoms with E-state index in [2.05, 4.69) is 10.2 Å². The van der Waals surface area contributed by atoms with Crippen molar-refractivity contribution in [3.63, 3.8) is 0 Å². The predicted octanol–water partition coefficient (Wildman–Crippen LogP) is -0.590.